The number of Topliss-reactive ketones (excluding diaryl/α,β-unsaturated/α-hetero) is 1. The molecule has 0 bridgehead atoms. The standard InChI is InChI=1S/C31H37NO3S/c1-22(2)24-11-13-26(14-12-24)30(29(33)25-8-5-4-6-9-25)15-7-10-27(28-20-23(3)21-36-28)31(30,34)32-16-18-35-19-17-32/h4-6,8-9,11-14,20-22,27,34H,7,10,15-19H2,1-3H3. The van der Waals surface area contributed by atoms with E-state index in [1.807, 2.05) is 30.3 Å². The van der Waals surface area contributed by atoms with E-state index in [-0.39, 0.29) is 11.7 Å². The number of nitrogens with zero attached hydrogens (tertiary/aromatic N) is 1. The highest BCUT2D eigenvalue weighted by Gasteiger charge is 2.65. The van der Waals surface area contributed by atoms with Gasteiger partial charge in [0.15, 0.2) is 5.78 Å². The number of thiophene rings is 1. The number of carbonyl (C=O) groups excluding carboxylic acids is 1. The van der Waals surface area contributed by atoms with Gasteiger partial charge in [-0.05, 0) is 53.8 Å². The summed E-state index contributed by atoms with van der Waals surface area (Å²) in [4.78, 5) is 18.1. The molecule has 1 aliphatic heterocycles. The fourth-order valence-corrected chi connectivity index (χ4v) is 7.47. The second-order valence-electron chi connectivity index (χ2n) is 10.7. The highest BCUT2D eigenvalue weighted by atomic mass is 32.1. The molecule has 1 aliphatic carbocycles. The monoisotopic (exact) mass is 503 g/mol. The first kappa shape index (κ1) is 25.3. The number of rotatable bonds is 6. The Labute approximate surface area is 218 Å². The van der Waals surface area contributed by atoms with Gasteiger partial charge in [-0.1, -0.05) is 74.9 Å². The molecule has 0 radical (unpaired) electrons. The number of ketones is 1. The number of morpholine rings is 1. The largest absolute Gasteiger partial charge is 0.379 e. The molecule has 3 atom stereocenters. The molecule has 1 N–H and O–H groups in total. The van der Waals surface area contributed by atoms with Gasteiger partial charge in [0.2, 0.25) is 0 Å². The average Bonchev–Trinajstić information content (AvgIpc) is 3.35. The lowest BCUT2D eigenvalue weighted by Crippen LogP contribution is -2.71. The quantitative estimate of drug-likeness (QED) is 0.402. The third kappa shape index (κ3) is 4.16. The van der Waals surface area contributed by atoms with Crippen LogP contribution in [0.2, 0.25) is 0 Å². The molecule has 2 fully saturated rings. The Kier molecular flexibility index (Phi) is 7.19. The Balaban J connectivity index is 1.76. The van der Waals surface area contributed by atoms with E-state index in [1.54, 1.807) is 11.3 Å². The van der Waals surface area contributed by atoms with Gasteiger partial charge in [-0.25, -0.2) is 0 Å². The molecule has 2 aliphatic rings. The van der Waals surface area contributed by atoms with Crippen molar-refractivity contribution >= 4 is 17.1 Å². The SMILES string of the molecule is Cc1csc(C2CCCC(C(=O)c3ccccc3)(c3ccc(C(C)C)cc3)C2(O)N2CCOCC2)c1. The number of hydrogen-bond donors (Lipinski definition) is 1. The normalized spacial score (nSPS) is 27.3. The Morgan fingerprint density at radius 2 is 1.78 bits per heavy atom. The predicted molar refractivity (Wildman–Crippen MR) is 146 cm³/mol. The van der Waals surface area contributed by atoms with Gasteiger partial charge < -0.3 is 9.84 Å². The molecule has 2 aromatic carbocycles. The molecule has 190 valence electrons. The van der Waals surface area contributed by atoms with Crippen molar-refractivity contribution in [2.75, 3.05) is 26.3 Å². The number of aryl methyl sites for hydroxylation is 1. The van der Waals surface area contributed by atoms with Crippen molar-refractivity contribution < 1.29 is 14.6 Å². The van der Waals surface area contributed by atoms with Crippen LogP contribution >= 0.6 is 11.3 Å². The van der Waals surface area contributed by atoms with Crippen molar-refractivity contribution in [3.05, 3.63) is 93.2 Å². The molecule has 0 amide bonds. The summed E-state index contributed by atoms with van der Waals surface area (Å²) in [7, 11) is 0. The highest BCUT2D eigenvalue weighted by Crippen LogP contribution is 2.57. The number of ether oxygens (including phenoxy) is 1. The molecule has 36 heavy (non-hydrogen) atoms. The topological polar surface area (TPSA) is 49.8 Å². The first-order chi connectivity index (χ1) is 17.4. The van der Waals surface area contributed by atoms with Crippen LogP contribution < -0.4 is 0 Å². The molecule has 1 saturated carbocycles. The molecule has 0 spiro atoms. The molecule has 4 nitrogen and oxygen atoms in total. The third-order valence-corrected chi connectivity index (χ3v) is 9.40. The van der Waals surface area contributed by atoms with E-state index in [9.17, 15) is 9.90 Å². The van der Waals surface area contributed by atoms with Gasteiger partial charge in [0.05, 0.1) is 13.2 Å². The van der Waals surface area contributed by atoms with E-state index >= 15 is 0 Å². The van der Waals surface area contributed by atoms with Gasteiger partial charge in [0, 0.05) is 29.4 Å². The summed E-state index contributed by atoms with van der Waals surface area (Å²) in [5.74, 6) is 0.235. The van der Waals surface area contributed by atoms with Crippen LogP contribution in [0.5, 0.6) is 0 Å². The van der Waals surface area contributed by atoms with Gasteiger partial charge in [-0.3, -0.25) is 9.69 Å². The van der Waals surface area contributed by atoms with E-state index in [2.05, 4.69) is 61.4 Å². The van der Waals surface area contributed by atoms with E-state index in [1.165, 1.54) is 11.1 Å². The average molecular weight is 504 g/mol. The molecule has 1 aromatic heterocycles. The fraction of sp³-hybridized carbons (Fsp3) is 0.452. The molecular formula is C31H37NO3S. The zero-order valence-electron chi connectivity index (χ0n) is 21.6. The van der Waals surface area contributed by atoms with Gasteiger partial charge in [0.25, 0.3) is 0 Å². The number of benzene rings is 2. The lowest BCUT2D eigenvalue weighted by molar-refractivity contribution is -0.202. The number of aliphatic hydroxyl groups is 1. The summed E-state index contributed by atoms with van der Waals surface area (Å²) >= 11 is 1.70. The Bertz CT molecular complexity index is 1180. The Morgan fingerprint density at radius 3 is 2.39 bits per heavy atom. The maximum absolute atomic E-state index is 14.8. The third-order valence-electron chi connectivity index (χ3n) is 8.24. The van der Waals surface area contributed by atoms with Crippen LogP contribution in [0.4, 0.5) is 0 Å². The van der Waals surface area contributed by atoms with Gasteiger partial charge in [0.1, 0.15) is 11.1 Å². The molecule has 3 unspecified atom stereocenters. The van der Waals surface area contributed by atoms with E-state index in [0.717, 1.165) is 23.3 Å². The predicted octanol–water partition coefficient (Wildman–Crippen LogP) is 6.29. The van der Waals surface area contributed by atoms with E-state index in [4.69, 9.17) is 4.74 Å². The molecular weight excluding hydrogens is 466 g/mol. The summed E-state index contributed by atoms with van der Waals surface area (Å²) in [5.41, 5.74) is 1.52. The summed E-state index contributed by atoms with van der Waals surface area (Å²) in [6.07, 6.45) is 2.33. The van der Waals surface area contributed by atoms with Gasteiger partial charge in [-0.2, -0.15) is 0 Å². The van der Waals surface area contributed by atoms with Gasteiger partial charge in [-0.15, -0.1) is 11.3 Å². The minimum Gasteiger partial charge on any atom is -0.379 e. The number of carbonyl (C=O) groups is 1. The molecule has 5 rings (SSSR count). The van der Waals surface area contributed by atoms with Crippen molar-refractivity contribution in [1.82, 2.24) is 4.90 Å². The molecule has 2 heterocycles. The van der Waals surface area contributed by atoms with Crippen molar-refractivity contribution in [3.63, 3.8) is 0 Å². The zero-order valence-corrected chi connectivity index (χ0v) is 22.4. The minimum absolute atomic E-state index is 0.00682. The van der Waals surface area contributed by atoms with Gasteiger partial charge >= 0.3 is 0 Å². The van der Waals surface area contributed by atoms with Crippen LogP contribution in [0, 0.1) is 6.92 Å². The first-order valence-electron chi connectivity index (χ1n) is 13.2. The van der Waals surface area contributed by atoms with Crippen LogP contribution in [0.3, 0.4) is 0 Å². The maximum Gasteiger partial charge on any atom is 0.177 e. The molecule has 1 saturated heterocycles. The second kappa shape index (κ2) is 10.2. The highest BCUT2D eigenvalue weighted by molar-refractivity contribution is 7.10. The van der Waals surface area contributed by atoms with Crippen LogP contribution in [0.15, 0.2) is 66.0 Å². The fourth-order valence-electron chi connectivity index (χ4n) is 6.38. The smallest absolute Gasteiger partial charge is 0.177 e. The maximum atomic E-state index is 14.8. The van der Waals surface area contributed by atoms with Crippen LogP contribution in [-0.2, 0) is 10.2 Å². The summed E-state index contributed by atoms with van der Waals surface area (Å²) in [5, 5.41) is 15.4. The molecule has 5 heteroatoms. The second-order valence-corrected chi connectivity index (χ2v) is 11.6. The number of hydrogen-bond acceptors (Lipinski definition) is 5. The summed E-state index contributed by atoms with van der Waals surface area (Å²) < 4.78 is 5.71. The van der Waals surface area contributed by atoms with Crippen LogP contribution in [0.25, 0.3) is 0 Å². The Morgan fingerprint density at radius 1 is 1.08 bits per heavy atom. The van der Waals surface area contributed by atoms with E-state index < -0.39 is 11.1 Å². The van der Waals surface area contributed by atoms with Crippen molar-refractivity contribution in [2.24, 2.45) is 0 Å². The van der Waals surface area contributed by atoms with Crippen molar-refractivity contribution in [1.29, 1.82) is 0 Å². The lowest BCUT2D eigenvalue weighted by Gasteiger charge is -2.59. The van der Waals surface area contributed by atoms with Crippen LogP contribution in [0.1, 0.15) is 76.9 Å². The Hall–Kier alpha value is -2.31. The van der Waals surface area contributed by atoms with E-state index in [0.29, 0.717) is 44.2 Å². The molecule has 3 aromatic rings. The first-order valence-corrected chi connectivity index (χ1v) is 14.1. The zero-order chi connectivity index (χ0) is 25.3. The minimum atomic E-state index is -1.38. The lowest BCUT2D eigenvalue weighted by atomic mass is 9.55. The summed E-state index contributed by atoms with van der Waals surface area (Å²) in [6, 6.07) is 20.2. The summed E-state index contributed by atoms with van der Waals surface area (Å²) in [6.45, 7) is 8.78. The van der Waals surface area contributed by atoms with Crippen LogP contribution in [-0.4, -0.2) is 47.8 Å². The van der Waals surface area contributed by atoms with Crippen molar-refractivity contribution in [2.45, 2.75) is 63.0 Å². The van der Waals surface area contributed by atoms with Crippen molar-refractivity contribution in [3.8, 4) is 0 Å².